The van der Waals surface area contributed by atoms with Gasteiger partial charge in [-0.3, -0.25) is 4.79 Å². The van der Waals surface area contributed by atoms with Crippen molar-refractivity contribution < 1.29 is 29.6 Å². The van der Waals surface area contributed by atoms with Crippen molar-refractivity contribution in [1.29, 1.82) is 0 Å². The molecule has 0 aromatic heterocycles. The Kier molecular flexibility index (Phi) is 9.59. The van der Waals surface area contributed by atoms with Crippen molar-refractivity contribution in [3.63, 3.8) is 0 Å². The molecule has 7 heteroatoms. The molecule has 138 valence electrons. The number of nitrogens with one attached hydrogen (secondary N) is 1. The molecule has 4 N–H and O–H groups in total. The highest BCUT2D eigenvalue weighted by Gasteiger charge is 2.48. The second-order valence-corrected chi connectivity index (χ2v) is 6.10. The van der Waals surface area contributed by atoms with E-state index in [1.54, 1.807) is 6.08 Å². The van der Waals surface area contributed by atoms with Crippen LogP contribution < -0.4 is 5.32 Å². The average molecular weight is 343 g/mol. The Hall–Kier alpha value is -1.44. The van der Waals surface area contributed by atoms with Crippen LogP contribution >= 0.6 is 0 Å². The third-order valence-corrected chi connectivity index (χ3v) is 4.05. The topological polar surface area (TPSA) is 116 Å². The smallest absolute Gasteiger partial charge is 0.338 e. The van der Waals surface area contributed by atoms with Crippen LogP contribution in [0.15, 0.2) is 12.3 Å². The summed E-state index contributed by atoms with van der Waals surface area (Å²) in [5.74, 6) is -1.84. The van der Waals surface area contributed by atoms with E-state index >= 15 is 0 Å². The molecular weight excluding hydrogens is 314 g/mol. The maximum absolute atomic E-state index is 11.7. The molecule has 4 atom stereocenters. The zero-order chi connectivity index (χ0) is 17.9. The lowest BCUT2D eigenvalue weighted by molar-refractivity contribution is -0.153. The molecule has 1 fully saturated rings. The SMILES string of the molecule is CCCCCCCCC/C=C/NC(=O)[C@H](O)[C@H]1OC(=O)[C@@H](O)[C@H]1O. The molecule has 7 nitrogen and oxygen atoms in total. The van der Waals surface area contributed by atoms with Crippen LogP contribution in [0.4, 0.5) is 0 Å². The average Bonchev–Trinajstić information content (AvgIpc) is 2.83. The number of unbranched alkanes of at least 4 members (excludes halogenated alkanes) is 7. The minimum Gasteiger partial charge on any atom is -0.454 e. The predicted octanol–water partition coefficient (Wildman–Crippen LogP) is 0.765. The van der Waals surface area contributed by atoms with E-state index in [9.17, 15) is 24.9 Å². The van der Waals surface area contributed by atoms with Gasteiger partial charge >= 0.3 is 5.97 Å². The van der Waals surface area contributed by atoms with Gasteiger partial charge in [-0.15, -0.1) is 0 Å². The van der Waals surface area contributed by atoms with Gasteiger partial charge in [-0.25, -0.2) is 4.79 Å². The predicted molar refractivity (Wildman–Crippen MR) is 87.8 cm³/mol. The number of carbonyl (C=O) groups is 2. The number of ether oxygens (including phenoxy) is 1. The molecule has 0 radical (unpaired) electrons. The normalized spacial score (nSPS) is 25.0. The summed E-state index contributed by atoms with van der Waals surface area (Å²) in [5, 5.41) is 30.9. The molecule has 1 aliphatic rings. The van der Waals surface area contributed by atoms with Crippen LogP contribution in [0.1, 0.15) is 58.3 Å². The van der Waals surface area contributed by atoms with Crippen LogP contribution in [0.3, 0.4) is 0 Å². The van der Waals surface area contributed by atoms with Crippen molar-refractivity contribution in [3.8, 4) is 0 Å². The lowest BCUT2D eigenvalue weighted by atomic mass is 10.1. The van der Waals surface area contributed by atoms with Crippen molar-refractivity contribution in [3.05, 3.63) is 12.3 Å². The monoisotopic (exact) mass is 343 g/mol. The number of aliphatic hydroxyl groups excluding tert-OH is 3. The first-order chi connectivity index (χ1) is 11.5. The molecule has 0 spiro atoms. The summed E-state index contributed by atoms with van der Waals surface area (Å²) in [7, 11) is 0. The molecule has 0 unspecified atom stereocenters. The minimum atomic E-state index is -1.73. The quantitative estimate of drug-likeness (QED) is 0.325. The molecule has 1 saturated heterocycles. The molecule has 0 aromatic carbocycles. The van der Waals surface area contributed by atoms with Gasteiger partial charge in [0.05, 0.1) is 0 Å². The Morgan fingerprint density at radius 2 is 1.83 bits per heavy atom. The standard InChI is InChI=1S/C17H29NO6/c1-2-3-4-5-6-7-8-9-10-11-18-16(22)14(21)15-12(19)13(20)17(23)24-15/h10-15,19-21H,2-9H2,1H3,(H,18,22)/b11-10+/t12-,13+,14-,15+/m1/s1. The van der Waals surface area contributed by atoms with E-state index in [4.69, 9.17) is 0 Å². The fraction of sp³-hybridized carbons (Fsp3) is 0.765. The number of allylic oxidation sites excluding steroid dienone is 1. The van der Waals surface area contributed by atoms with Crippen molar-refractivity contribution in [2.45, 2.75) is 82.7 Å². The van der Waals surface area contributed by atoms with E-state index in [2.05, 4.69) is 17.0 Å². The van der Waals surface area contributed by atoms with Crippen molar-refractivity contribution >= 4 is 11.9 Å². The molecular formula is C17H29NO6. The number of aliphatic hydroxyl groups is 3. The number of amides is 1. The Balaban J connectivity index is 2.15. The minimum absolute atomic E-state index is 0.795. The van der Waals surface area contributed by atoms with E-state index in [-0.39, 0.29) is 0 Å². The van der Waals surface area contributed by atoms with E-state index in [0.29, 0.717) is 0 Å². The number of carbonyl (C=O) groups excluding carboxylic acids is 2. The Labute approximate surface area is 142 Å². The molecule has 1 amide bonds. The van der Waals surface area contributed by atoms with Gasteiger partial charge in [0, 0.05) is 0 Å². The number of rotatable bonds is 11. The summed E-state index contributed by atoms with van der Waals surface area (Å²) in [5.41, 5.74) is 0. The van der Waals surface area contributed by atoms with Crippen molar-refractivity contribution in [2.75, 3.05) is 0 Å². The van der Waals surface area contributed by atoms with Crippen LogP contribution in [0, 0.1) is 0 Å². The molecule has 24 heavy (non-hydrogen) atoms. The molecule has 0 saturated carbocycles. The second kappa shape index (κ2) is 11.2. The first kappa shape index (κ1) is 20.6. The summed E-state index contributed by atoms with van der Waals surface area (Å²) < 4.78 is 4.59. The van der Waals surface area contributed by atoms with Crippen LogP contribution in [0.2, 0.25) is 0 Å². The summed E-state index contributed by atoms with van der Waals surface area (Å²) in [6.07, 6.45) is 5.98. The van der Waals surface area contributed by atoms with Crippen LogP contribution in [-0.2, 0) is 14.3 Å². The third-order valence-electron chi connectivity index (χ3n) is 4.05. The zero-order valence-corrected chi connectivity index (χ0v) is 14.2. The second-order valence-electron chi connectivity index (χ2n) is 6.10. The van der Waals surface area contributed by atoms with E-state index in [1.807, 2.05) is 0 Å². The van der Waals surface area contributed by atoms with E-state index < -0.39 is 36.3 Å². The van der Waals surface area contributed by atoms with Gasteiger partial charge in [0.15, 0.2) is 18.3 Å². The molecule has 0 aliphatic carbocycles. The Morgan fingerprint density at radius 3 is 2.42 bits per heavy atom. The van der Waals surface area contributed by atoms with Gasteiger partial charge in [-0.1, -0.05) is 51.5 Å². The number of hydrogen-bond acceptors (Lipinski definition) is 6. The summed E-state index contributed by atoms with van der Waals surface area (Å²) in [6, 6.07) is 0. The Bertz CT molecular complexity index is 425. The van der Waals surface area contributed by atoms with E-state index in [0.717, 1.165) is 19.3 Å². The highest BCUT2D eigenvalue weighted by Crippen LogP contribution is 2.19. The number of esters is 1. The largest absolute Gasteiger partial charge is 0.454 e. The van der Waals surface area contributed by atoms with E-state index in [1.165, 1.54) is 38.3 Å². The third kappa shape index (κ3) is 6.59. The highest BCUT2D eigenvalue weighted by atomic mass is 16.6. The van der Waals surface area contributed by atoms with Gasteiger partial charge < -0.3 is 25.4 Å². The zero-order valence-electron chi connectivity index (χ0n) is 14.2. The molecule has 0 bridgehead atoms. The fourth-order valence-electron chi connectivity index (χ4n) is 2.52. The van der Waals surface area contributed by atoms with Gasteiger partial charge in [-0.05, 0) is 19.0 Å². The van der Waals surface area contributed by atoms with Gasteiger partial charge in [0.1, 0.15) is 6.10 Å². The molecule has 1 rings (SSSR count). The lowest BCUT2D eigenvalue weighted by Gasteiger charge is -2.18. The lowest BCUT2D eigenvalue weighted by Crippen LogP contribution is -2.46. The van der Waals surface area contributed by atoms with Crippen molar-refractivity contribution in [2.24, 2.45) is 0 Å². The van der Waals surface area contributed by atoms with Crippen molar-refractivity contribution in [1.82, 2.24) is 5.32 Å². The first-order valence-corrected chi connectivity index (χ1v) is 8.69. The first-order valence-electron chi connectivity index (χ1n) is 8.69. The van der Waals surface area contributed by atoms with Crippen LogP contribution in [-0.4, -0.2) is 51.6 Å². The van der Waals surface area contributed by atoms with Gasteiger partial charge in [0.2, 0.25) is 0 Å². The maximum Gasteiger partial charge on any atom is 0.338 e. The maximum atomic E-state index is 11.7. The summed E-state index contributed by atoms with van der Waals surface area (Å²) in [6.45, 7) is 2.19. The molecule has 1 heterocycles. The summed E-state index contributed by atoms with van der Waals surface area (Å²) >= 11 is 0. The van der Waals surface area contributed by atoms with Crippen LogP contribution in [0.5, 0.6) is 0 Å². The number of hydrogen-bond donors (Lipinski definition) is 4. The summed E-state index contributed by atoms with van der Waals surface area (Å²) in [4.78, 5) is 22.8. The van der Waals surface area contributed by atoms with Crippen LogP contribution in [0.25, 0.3) is 0 Å². The van der Waals surface area contributed by atoms with Gasteiger partial charge in [-0.2, -0.15) is 0 Å². The number of cyclic esters (lactones) is 1. The molecule has 0 aromatic rings. The highest BCUT2D eigenvalue weighted by molar-refractivity contribution is 5.84. The van der Waals surface area contributed by atoms with Gasteiger partial charge in [0.25, 0.3) is 5.91 Å². The molecule has 1 aliphatic heterocycles. The fourth-order valence-corrected chi connectivity index (χ4v) is 2.52. The Morgan fingerprint density at radius 1 is 1.21 bits per heavy atom.